The smallest absolute Gasteiger partial charge is 0.252 e. The Morgan fingerprint density at radius 2 is 2.09 bits per heavy atom. The Kier molecular flexibility index (Phi) is 4.51. The van der Waals surface area contributed by atoms with Crippen LogP contribution in [0.25, 0.3) is 0 Å². The largest absolute Gasteiger partial charge is 0.463 e. The Labute approximate surface area is 129 Å². The van der Waals surface area contributed by atoms with Crippen molar-refractivity contribution in [3.05, 3.63) is 47.5 Å². The van der Waals surface area contributed by atoms with Crippen molar-refractivity contribution in [1.82, 2.24) is 10.3 Å². The highest BCUT2D eigenvalue weighted by Gasteiger charge is 2.27. The molecule has 6 heteroatoms. The number of pyridine rings is 1. The van der Waals surface area contributed by atoms with Gasteiger partial charge in [0.05, 0.1) is 12.1 Å². The number of hydrogen-bond acceptors (Lipinski definition) is 5. The van der Waals surface area contributed by atoms with Gasteiger partial charge in [-0.05, 0) is 38.1 Å². The minimum Gasteiger partial charge on any atom is -0.463 e. The molecule has 6 nitrogen and oxygen atoms in total. The lowest BCUT2D eigenvalue weighted by Gasteiger charge is -2.21. The van der Waals surface area contributed by atoms with Crippen LogP contribution in [0, 0.1) is 6.92 Å². The number of aromatic nitrogens is 1. The molecule has 22 heavy (non-hydrogen) atoms. The number of hydrogen-bond donors (Lipinski definition) is 2. The minimum atomic E-state index is -1.26. The standard InChI is InChI=1S/C16H21N3O3/c1-11-5-7-13(22-11)16(2,21)10-18-15(20)12-6-8-14(17-9-12)19(3)4/h5-9,21H,10H2,1-4H3,(H,18,20). The van der Waals surface area contributed by atoms with Crippen LogP contribution in [0.5, 0.6) is 0 Å². The summed E-state index contributed by atoms with van der Waals surface area (Å²) in [6.07, 6.45) is 1.51. The van der Waals surface area contributed by atoms with Crippen molar-refractivity contribution in [1.29, 1.82) is 0 Å². The molecule has 0 radical (unpaired) electrons. The molecule has 2 aromatic heterocycles. The summed E-state index contributed by atoms with van der Waals surface area (Å²) in [4.78, 5) is 18.1. The zero-order valence-electron chi connectivity index (χ0n) is 13.3. The van der Waals surface area contributed by atoms with Crippen LogP contribution in [-0.4, -0.2) is 36.6 Å². The Hall–Kier alpha value is -2.34. The van der Waals surface area contributed by atoms with E-state index in [2.05, 4.69) is 10.3 Å². The quantitative estimate of drug-likeness (QED) is 0.879. The van der Waals surface area contributed by atoms with Crippen molar-refractivity contribution in [3.8, 4) is 0 Å². The van der Waals surface area contributed by atoms with Crippen LogP contribution in [0.15, 0.2) is 34.9 Å². The highest BCUT2D eigenvalue weighted by atomic mass is 16.4. The first-order valence-electron chi connectivity index (χ1n) is 7.00. The summed E-state index contributed by atoms with van der Waals surface area (Å²) in [6, 6.07) is 6.94. The monoisotopic (exact) mass is 303 g/mol. The summed E-state index contributed by atoms with van der Waals surface area (Å²) in [5, 5.41) is 13.1. The Bertz CT molecular complexity index is 645. The number of carbonyl (C=O) groups excluding carboxylic acids is 1. The fourth-order valence-electron chi connectivity index (χ4n) is 1.95. The fraction of sp³-hybridized carbons (Fsp3) is 0.375. The first-order chi connectivity index (χ1) is 10.3. The summed E-state index contributed by atoms with van der Waals surface area (Å²) in [5.41, 5.74) is -0.821. The maximum Gasteiger partial charge on any atom is 0.252 e. The van der Waals surface area contributed by atoms with E-state index in [-0.39, 0.29) is 12.5 Å². The van der Waals surface area contributed by atoms with Gasteiger partial charge in [-0.2, -0.15) is 0 Å². The molecular formula is C16H21N3O3. The van der Waals surface area contributed by atoms with Gasteiger partial charge in [-0.3, -0.25) is 4.79 Å². The molecule has 0 aliphatic heterocycles. The molecule has 0 aliphatic carbocycles. The van der Waals surface area contributed by atoms with Gasteiger partial charge < -0.3 is 19.7 Å². The zero-order chi connectivity index (χ0) is 16.3. The number of carbonyl (C=O) groups is 1. The van der Waals surface area contributed by atoms with Crippen molar-refractivity contribution in [3.63, 3.8) is 0 Å². The van der Waals surface area contributed by atoms with Gasteiger partial charge >= 0.3 is 0 Å². The van der Waals surface area contributed by atoms with Crippen LogP contribution in [0.4, 0.5) is 5.82 Å². The number of nitrogens with zero attached hydrogens (tertiary/aromatic N) is 2. The third-order valence-corrected chi connectivity index (χ3v) is 3.33. The molecule has 0 aromatic carbocycles. The molecule has 2 N–H and O–H groups in total. The summed E-state index contributed by atoms with van der Waals surface area (Å²) in [6.45, 7) is 3.45. The van der Waals surface area contributed by atoms with Crippen molar-refractivity contribution in [2.45, 2.75) is 19.4 Å². The van der Waals surface area contributed by atoms with Gasteiger partial charge in [-0.1, -0.05) is 0 Å². The first-order valence-corrected chi connectivity index (χ1v) is 7.00. The molecule has 0 bridgehead atoms. The van der Waals surface area contributed by atoms with Gasteiger partial charge in [0.1, 0.15) is 22.9 Å². The normalized spacial score (nSPS) is 13.5. The number of amides is 1. The van der Waals surface area contributed by atoms with Crippen LogP contribution < -0.4 is 10.2 Å². The van der Waals surface area contributed by atoms with E-state index in [1.54, 1.807) is 38.1 Å². The van der Waals surface area contributed by atoms with E-state index >= 15 is 0 Å². The molecule has 0 fully saturated rings. The molecule has 118 valence electrons. The third kappa shape index (κ3) is 3.65. The summed E-state index contributed by atoms with van der Waals surface area (Å²) in [7, 11) is 3.76. The maximum absolute atomic E-state index is 12.1. The van der Waals surface area contributed by atoms with Crippen LogP contribution in [0.2, 0.25) is 0 Å². The van der Waals surface area contributed by atoms with Crippen LogP contribution in [0.1, 0.15) is 28.8 Å². The molecular weight excluding hydrogens is 282 g/mol. The predicted molar refractivity (Wildman–Crippen MR) is 83.9 cm³/mol. The van der Waals surface area contributed by atoms with E-state index in [9.17, 15) is 9.90 Å². The number of nitrogens with one attached hydrogen (secondary N) is 1. The lowest BCUT2D eigenvalue weighted by atomic mass is 10.0. The first kappa shape index (κ1) is 16.0. The molecule has 1 atom stereocenters. The Morgan fingerprint density at radius 3 is 2.59 bits per heavy atom. The number of aryl methyl sites for hydroxylation is 1. The fourth-order valence-corrected chi connectivity index (χ4v) is 1.95. The van der Waals surface area contributed by atoms with Crippen LogP contribution in [-0.2, 0) is 5.60 Å². The number of furan rings is 1. The Balaban J connectivity index is 2.00. The molecule has 0 saturated carbocycles. The topological polar surface area (TPSA) is 78.6 Å². The van der Waals surface area contributed by atoms with Crippen molar-refractivity contribution in [2.75, 3.05) is 25.5 Å². The molecule has 2 rings (SSSR count). The molecule has 2 aromatic rings. The van der Waals surface area contributed by atoms with Gasteiger partial charge in [-0.25, -0.2) is 4.98 Å². The lowest BCUT2D eigenvalue weighted by Crippen LogP contribution is -2.38. The number of aliphatic hydroxyl groups is 1. The molecule has 1 unspecified atom stereocenters. The van der Waals surface area contributed by atoms with Crippen molar-refractivity contribution in [2.24, 2.45) is 0 Å². The predicted octanol–water partition coefficient (Wildman–Crippen LogP) is 1.69. The summed E-state index contributed by atoms with van der Waals surface area (Å²) < 4.78 is 5.41. The van der Waals surface area contributed by atoms with Gasteiger partial charge in [0.25, 0.3) is 5.91 Å². The molecule has 0 aliphatic rings. The highest BCUT2D eigenvalue weighted by Crippen LogP contribution is 2.22. The molecule has 1 amide bonds. The van der Waals surface area contributed by atoms with Gasteiger partial charge in [0, 0.05) is 20.3 Å². The SMILES string of the molecule is Cc1ccc(C(C)(O)CNC(=O)c2ccc(N(C)C)nc2)o1. The second-order valence-electron chi connectivity index (χ2n) is 5.67. The molecule has 2 heterocycles. The Morgan fingerprint density at radius 1 is 1.36 bits per heavy atom. The average Bonchev–Trinajstić information content (AvgIpc) is 2.92. The van der Waals surface area contributed by atoms with Crippen molar-refractivity contribution < 1.29 is 14.3 Å². The maximum atomic E-state index is 12.1. The van der Waals surface area contributed by atoms with Gasteiger partial charge in [0.15, 0.2) is 0 Å². The molecule has 0 spiro atoms. The van der Waals surface area contributed by atoms with Gasteiger partial charge in [-0.15, -0.1) is 0 Å². The third-order valence-electron chi connectivity index (χ3n) is 3.33. The summed E-state index contributed by atoms with van der Waals surface area (Å²) in [5.74, 6) is 1.62. The van der Waals surface area contributed by atoms with E-state index in [1.807, 2.05) is 19.0 Å². The second-order valence-corrected chi connectivity index (χ2v) is 5.67. The van der Waals surface area contributed by atoms with E-state index in [0.29, 0.717) is 17.1 Å². The highest BCUT2D eigenvalue weighted by molar-refractivity contribution is 5.94. The van der Waals surface area contributed by atoms with Crippen molar-refractivity contribution >= 4 is 11.7 Å². The van der Waals surface area contributed by atoms with E-state index in [4.69, 9.17) is 4.42 Å². The average molecular weight is 303 g/mol. The number of rotatable bonds is 5. The van der Waals surface area contributed by atoms with Crippen LogP contribution in [0.3, 0.4) is 0 Å². The van der Waals surface area contributed by atoms with E-state index in [0.717, 1.165) is 5.82 Å². The summed E-state index contributed by atoms with van der Waals surface area (Å²) >= 11 is 0. The number of anilines is 1. The van der Waals surface area contributed by atoms with E-state index in [1.165, 1.54) is 6.20 Å². The lowest BCUT2D eigenvalue weighted by molar-refractivity contribution is 0.0323. The van der Waals surface area contributed by atoms with E-state index < -0.39 is 5.60 Å². The van der Waals surface area contributed by atoms with Crippen LogP contribution >= 0.6 is 0 Å². The zero-order valence-corrected chi connectivity index (χ0v) is 13.3. The molecule has 0 saturated heterocycles. The minimum absolute atomic E-state index is 0.0498. The van der Waals surface area contributed by atoms with Gasteiger partial charge in [0.2, 0.25) is 0 Å². The second kappa shape index (κ2) is 6.19.